The van der Waals surface area contributed by atoms with Crippen LogP contribution in [0.5, 0.6) is 0 Å². The Hall–Kier alpha value is -0.910. The number of esters is 1. The van der Waals surface area contributed by atoms with Crippen LogP contribution in [0.15, 0.2) is 11.1 Å². The van der Waals surface area contributed by atoms with Gasteiger partial charge in [-0.3, -0.25) is 0 Å². The van der Waals surface area contributed by atoms with Gasteiger partial charge < -0.3 is 19.7 Å². The highest BCUT2D eigenvalue weighted by molar-refractivity contribution is 5.92. The van der Waals surface area contributed by atoms with E-state index in [1.54, 1.807) is 0 Å². The van der Waals surface area contributed by atoms with E-state index in [0.717, 1.165) is 31.3 Å². The van der Waals surface area contributed by atoms with Crippen molar-refractivity contribution < 1.29 is 24.5 Å². The minimum absolute atomic E-state index is 0.0742. The van der Waals surface area contributed by atoms with Gasteiger partial charge in [0.1, 0.15) is 18.3 Å². The topological polar surface area (TPSA) is 79.3 Å². The van der Waals surface area contributed by atoms with E-state index in [1.165, 1.54) is 5.57 Å². The van der Waals surface area contributed by atoms with Gasteiger partial charge in [-0.2, -0.15) is 0 Å². The minimum atomic E-state index is -1.08. The summed E-state index contributed by atoms with van der Waals surface area (Å²) in [6.45, 7) is 6.90. The molecule has 1 spiro atoms. The summed E-state index contributed by atoms with van der Waals surface area (Å²) in [4.78, 5) is 12.1. The van der Waals surface area contributed by atoms with Crippen LogP contribution < -0.4 is 0 Å². The molecule has 6 rings (SSSR count). The first kappa shape index (κ1) is 16.1. The van der Waals surface area contributed by atoms with Crippen LogP contribution >= 0.6 is 0 Å². The second-order valence-electron chi connectivity index (χ2n) is 10.2. The molecule has 2 aliphatic heterocycles. The molecule has 5 nitrogen and oxygen atoms in total. The Kier molecular flexibility index (Phi) is 2.62. The van der Waals surface area contributed by atoms with Crippen LogP contribution in [-0.2, 0) is 14.3 Å². The highest BCUT2D eigenvalue weighted by atomic mass is 16.6. The van der Waals surface area contributed by atoms with E-state index in [4.69, 9.17) is 9.47 Å². The van der Waals surface area contributed by atoms with Gasteiger partial charge in [0.25, 0.3) is 0 Å². The first-order chi connectivity index (χ1) is 12.2. The number of hydrogen-bond donors (Lipinski definition) is 2. The molecule has 2 heterocycles. The molecule has 0 radical (unpaired) electrons. The minimum Gasteiger partial charge on any atom is -0.458 e. The zero-order valence-electron chi connectivity index (χ0n) is 15.7. The van der Waals surface area contributed by atoms with E-state index in [-0.39, 0.29) is 34.7 Å². The molecule has 6 aliphatic rings. The predicted molar refractivity (Wildman–Crippen MR) is 92.0 cm³/mol. The molecule has 142 valence electrons. The maximum absolute atomic E-state index is 12.1. The van der Waals surface area contributed by atoms with Crippen LogP contribution in [0.2, 0.25) is 0 Å². The summed E-state index contributed by atoms with van der Waals surface area (Å²) < 4.78 is 11.5. The number of carbonyl (C=O) groups excluding carboxylic acids is 1. The Morgan fingerprint density at radius 2 is 2.04 bits per heavy atom. The van der Waals surface area contributed by atoms with Gasteiger partial charge in [0.15, 0.2) is 0 Å². The quantitative estimate of drug-likeness (QED) is 0.552. The summed E-state index contributed by atoms with van der Waals surface area (Å²) in [5.41, 5.74) is 0.0370. The largest absolute Gasteiger partial charge is 0.458 e. The molecule has 2 N–H and O–H groups in total. The van der Waals surface area contributed by atoms with Gasteiger partial charge in [-0.05, 0) is 60.8 Å². The summed E-state index contributed by atoms with van der Waals surface area (Å²) >= 11 is 0. The smallest absolute Gasteiger partial charge is 0.334 e. The summed E-state index contributed by atoms with van der Waals surface area (Å²) in [5, 5.41) is 23.3. The van der Waals surface area contributed by atoms with E-state index in [1.807, 2.05) is 0 Å². The number of cyclic esters (lactones) is 1. The third kappa shape index (κ3) is 1.33. The summed E-state index contributed by atoms with van der Waals surface area (Å²) in [5.74, 6) is 0.657. The molecule has 0 bridgehead atoms. The van der Waals surface area contributed by atoms with Gasteiger partial charge in [0.05, 0.1) is 11.7 Å². The van der Waals surface area contributed by atoms with Crippen LogP contribution in [0.25, 0.3) is 0 Å². The molecule has 5 heteroatoms. The van der Waals surface area contributed by atoms with Crippen LogP contribution in [0.3, 0.4) is 0 Å². The van der Waals surface area contributed by atoms with Gasteiger partial charge in [-0.25, -0.2) is 4.79 Å². The summed E-state index contributed by atoms with van der Waals surface area (Å²) in [6, 6.07) is 0. The van der Waals surface area contributed by atoms with E-state index < -0.39 is 17.3 Å². The average molecular weight is 360 g/mol. The second kappa shape index (κ2) is 4.23. The lowest BCUT2D eigenvalue weighted by Crippen LogP contribution is -2.69. The molecule has 26 heavy (non-hydrogen) atoms. The van der Waals surface area contributed by atoms with Crippen LogP contribution in [-0.4, -0.2) is 46.2 Å². The Balaban J connectivity index is 1.48. The predicted octanol–water partition coefficient (Wildman–Crippen LogP) is 1.96. The first-order valence-corrected chi connectivity index (χ1v) is 10.2. The lowest BCUT2D eigenvalue weighted by atomic mass is 9.44. The average Bonchev–Trinajstić information content (AvgIpc) is 3.46. The number of epoxide rings is 1. The lowest BCUT2D eigenvalue weighted by Gasteiger charge is -2.61. The van der Waals surface area contributed by atoms with Crippen molar-refractivity contribution in [2.75, 3.05) is 6.61 Å². The van der Waals surface area contributed by atoms with Crippen molar-refractivity contribution in [3.8, 4) is 0 Å². The zero-order valence-corrected chi connectivity index (χ0v) is 15.7. The van der Waals surface area contributed by atoms with E-state index in [2.05, 4.69) is 20.8 Å². The lowest BCUT2D eigenvalue weighted by molar-refractivity contribution is -0.231. The van der Waals surface area contributed by atoms with Gasteiger partial charge in [-0.15, -0.1) is 0 Å². The number of rotatable bonds is 1. The maximum atomic E-state index is 12.1. The van der Waals surface area contributed by atoms with Crippen molar-refractivity contribution in [1.29, 1.82) is 0 Å². The van der Waals surface area contributed by atoms with Crippen LogP contribution in [0.4, 0.5) is 0 Å². The van der Waals surface area contributed by atoms with E-state index in [0.29, 0.717) is 18.9 Å². The van der Waals surface area contributed by atoms with E-state index in [9.17, 15) is 15.0 Å². The standard InChI is InChI=1S/C21H28O5/c1-10(2)21-15(26-21)14-8-19(14)18(3)6-4-11-12(9-25-16(11)22)13(18)5-7-20(19,24)17(21)23/h10,13-15,17,23-24H,4-9H2,1-3H3/t13-,14-,15-,17-,18-,19-,20+,21-/m0/s1. The fourth-order valence-corrected chi connectivity index (χ4v) is 8.22. The molecular formula is C21H28O5. The molecule has 0 amide bonds. The number of carbonyl (C=O) groups is 1. The fraction of sp³-hybridized carbons (Fsp3) is 0.857. The number of aliphatic hydroxyl groups excluding tert-OH is 1. The Morgan fingerprint density at radius 1 is 1.27 bits per heavy atom. The van der Waals surface area contributed by atoms with Crippen molar-refractivity contribution in [1.82, 2.24) is 0 Å². The molecule has 0 aromatic heterocycles. The van der Waals surface area contributed by atoms with Gasteiger partial charge in [-0.1, -0.05) is 20.8 Å². The Bertz CT molecular complexity index is 772. The SMILES string of the molecule is CC(C)[C@]12O[C@H]1[C@@H]1C[C@@]13[C@@]1(C)CCC4=C(COC4=O)[C@@H]1CC[C@@]3(O)[C@@H]2O. The molecule has 0 aromatic carbocycles. The van der Waals surface area contributed by atoms with Gasteiger partial charge in [0.2, 0.25) is 0 Å². The van der Waals surface area contributed by atoms with Crippen molar-refractivity contribution in [3.63, 3.8) is 0 Å². The molecule has 4 fully saturated rings. The molecule has 3 saturated carbocycles. The number of fused-ring (bicyclic) bond motifs is 4. The molecule has 0 unspecified atom stereocenters. The first-order valence-electron chi connectivity index (χ1n) is 10.2. The highest BCUT2D eigenvalue weighted by Gasteiger charge is 2.91. The van der Waals surface area contributed by atoms with Crippen molar-refractivity contribution in [2.45, 2.75) is 76.3 Å². The highest BCUT2D eigenvalue weighted by Crippen LogP contribution is 2.85. The van der Waals surface area contributed by atoms with Crippen LogP contribution in [0, 0.1) is 28.6 Å². The number of aliphatic hydroxyl groups is 2. The summed E-state index contributed by atoms with van der Waals surface area (Å²) in [7, 11) is 0. The van der Waals surface area contributed by atoms with Crippen molar-refractivity contribution in [3.05, 3.63) is 11.1 Å². The molecular weight excluding hydrogens is 332 g/mol. The van der Waals surface area contributed by atoms with Gasteiger partial charge in [0, 0.05) is 11.0 Å². The molecule has 8 atom stereocenters. The number of ether oxygens (including phenoxy) is 2. The third-order valence-electron chi connectivity index (χ3n) is 9.56. The normalized spacial score (nSPS) is 59.1. The van der Waals surface area contributed by atoms with Crippen LogP contribution in [0.1, 0.15) is 52.9 Å². The van der Waals surface area contributed by atoms with Gasteiger partial charge >= 0.3 is 5.97 Å². The van der Waals surface area contributed by atoms with E-state index >= 15 is 0 Å². The zero-order chi connectivity index (χ0) is 18.3. The molecule has 4 aliphatic carbocycles. The Labute approximate surface area is 153 Å². The second-order valence-corrected chi connectivity index (χ2v) is 10.2. The number of hydrogen-bond acceptors (Lipinski definition) is 5. The molecule has 0 aromatic rings. The fourth-order valence-electron chi connectivity index (χ4n) is 8.22. The Morgan fingerprint density at radius 3 is 2.77 bits per heavy atom. The summed E-state index contributed by atoms with van der Waals surface area (Å²) in [6.07, 6.45) is 3.21. The van der Waals surface area contributed by atoms with Crippen molar-refractivity contribution >= 4 is 5.97 Å². The monoisotopic (exact) mass is 360 g/mol. The third-order valence-corrected chi connectivity index (χ3v) is 9.56. The van der Waals surface area contributed by atoms with Crippen molar-refractivity contribution in [2.24, 2.45) is 28.6 Å². The maximum Gasteiger partial charge on any atom is 0.334 e. The molecule has 1 saturated heterocycles.